The first-order valence-corrected chi connectivity index (χ1v) is 10.4. The highest BCUT2D eigenvalue weighted by atomic mass is 19.4. The number of rotatable bonds is 6. The topological polar surface area (TPSA) is 62.5 Å². The Hall–Kier alpha value is -3.58. The lowest BCUT2D eigenvalue weighted by molar-refractivity contribution is -0.137. The minimum Gasteiger partial charge on any atom is -0.460 e. The third-order valence-electron chi connectivity index (χ3n) is 5.50. The van der Waals surface area contributed by atoms with Gasteiger partial charge in [0, 0.05) is 23.9 Å². The smallest absolute Gasteiger partial charge is 0.416 e. The number of aliphatic hydroxyl groups is 1. The fraction of sp³-hybridized carbons (Fsp3) is 0.192. The second kappa shape index (κ2) is 9.11. The SMILES string of the molecule is Cc1c(Cc2cccc(C(F)(F)F)c2)oc2cccc(-c3cccc(C(=O)NCCO)c3)c12. The number of hydrogen-bond donors (Lipinski definition) is 2. The number of hydrogen-bond acceptors (Lipinski definition) is 3. The van der Waals surface area contributed by atoms with Gasteiger partial charge in [-0.1, -0.05) is 42.5 Å². The monoisotopic (exact) mass is 453 g/mol. The quantitative estimate of drug-likeness (QED) is 0.391. The lowest BCUT2D eigenvalue weighted by Crippen LogP contribution is -2.26. The first-order chi connectivity index (χ1) is 15.8. The molecule has 0 fully saturated rings. The second-order valence-corrected chi connectivity index (χ2v) is 7.76. The van der Waals surface area contributed by atoms with Gasteiger partial charge in [0.05, 0.1) is 12.2 Å². The van der Waals surface area contributed by atoms with E-state index in [4.69, 9.17) is 9.52 Å². The van der Waals surface area contributed by atoms with Crippen LogP contribution in [0.2, 0.25) is 0 Å². The van der Waals surface area contributed by atoms with Crippen molar-refractivity contribution in [1.29, 1.82) is 0 Å². The average Bonchev–Trinajstić information content (AvgIpc) is 3.12. The molecule has 0 radical (unpaired) electrons. The molecule has 2 N–H and O–H groups in total. The molecule has 0 aliphatic carbocycles. The molecule has 1 aromatic heterocycles. The van der Waals surface area contributed by atoms with Crippen molar-refractivity contribution >= 4 is 16.9 Å². The van der Waals surface area contributed by atoms with E-state index in [1.165, 1.54) is 6.07 Å². The van der Waals surface area contributed by atoms with Crippen LogP contribution in [0, 0.1) is 6.92 Å². The molecule has 0 saturated heterocycles. The normalized spacial score (nSPS) is 11.7. The zero-order valence-electron chi connectivity index (χ0n) is 17.9. The third kappa shape index (κ3) is 4.78. The molecule has 7 heteroatoms. The molecule has 0 bridgehead atoms. The van der Waals surface area contributed by atoms with Crippen LogP contribution in [-0.2, 0) is 12.6 Å². The van der Waals surface area contributed by atoms with Gasteiger partial charge in [0.2, 0.25) is 0 Å². The maximum Gasteiger partial charge on any atom is 0.416 e. The Kier molecular flexibility index (Phi) is 6.24. The van der Waals surface area contributed by atoms with Crippen molar-refractivity contribution in [3.8, 4) is 11.1 Å². The Morgan fingerprint density at radius 2 is 1.79 bits per heavy atom. The number of alkyl halides is 3. The lowest BCUT2D eigenvalue weighted by Gasteiger charge is -2.08. The molecule has 0 atom stereocenters. The van der Waals surface area contributed by atoms with Gasteiger partial charge in [-0.2, -0.15) is 13.2 Å². The van der Waals surface area contributed by atoms with Gasteiger partial charge in [0.25, 0.3) is 5.91 Å². The molecule has 1 heterocycles. The van der Waals surface area contributed by atoms with Crippen molar-refractivity contribution in [2.75, 3.05) is 13.2 Å². The number of nitrogens with one attached hydrogen (secondary N) is 1. The minimum absolute atomic E-state index is 0.145. The minimum atomic E-state index is -4.40. The molecule has 4 rings (SSSR count). The fourth-order valence-corrected chi connectivity index (χ4v) is 3.90. The molecule has 0 unspecified atom stereocenters. The maximum atomic E-state index is 13.1. The number of carbonyl (C=O) groups excluding carboxylic acids is 1. The fourth-order valence-electron chi connectivity index (χ4n) is 3.90. The van der Waals surface area contributed by atoms with Gasteiger partial charge in [0.1, 0.15) is 11.3 Å². The van der Waals surface area contributed by atoms with Crippen molar-refractivity contribution < 1.29 is 27.5 Å². The summed E-state index contributed by atoms with van der Waals surface area (Å²) in [7, 11) is 0. The molecule has 3 aromatic carbocycles. The van der Waals surface area contributed by atoms with Gasteiger partial charge in [-0.25, -0.2) is 0 Å². The van der Waals surface area contributed by atoms with Gasteiger partial charge < -0.3 is 14.8 Å². The molecule has 4 nitrogen and oxygen atoms in total. The van der Waals surface area contributed by atoms with Crippen LogP contribution in [0.3, 0.4) is 0 Å². The first kappa shape index (κ1) is 22.6. The number of halogens is 3. The summed E-state index contributed by atoms with van der Waals surface area (Å²) in [6.45, 7) is 1.90. The molecular weight excluding hydrogens is 431 g/mol. The molecule has 1 amide bonds. The number of benzene rings is 3. The van der Waals surface area contributed by atoms with Crippen LogP contribution in [0.15, 0.2) is 71.1 Å². The highest BCUT2D eigenvalue weighted by molar-refractivity contribution is 6.00. The molecule has 4 aromatic rings. The Morgan fingerprint density at radius 3 is 2.55 bits per heavy atom. The van der Waals surface area contributed by atoms with Gasteiger partial charge in [-0.15, -0.1) is 0 Å². The third-order valence-corrected chi connectivity index (χ3v) is 5.50. The predicted molar refractivity (Wildman–Crippen MR) is 120 cm³/mol. The van der Waals surface area contributed by atoms with E-state index in [-0.39, 0.29) is 25.5 Å². The van der Waals surface area contributed by atoms with E-state index < -0.39 is 11.7 Å². The van der Waals surface area contributed by atoms with Crippen molar-refractivity contribution in [3.05, 3.63) is 94.7 Å². The van der Waals surface area contributed by atoms with Crippen molar-refractivity contribution in [3.63, 3.8) is 0 Å². The standard InChI is InChI=1S/C26H22F3NO3/c1-16-23(14-17-5-2-8-20(13-17)26(27,28)29)33-22-10-4-9-21(24(16)22)18-6-3-7-19(15-18)25(32)30-11-12-31/h2-10,13,15,31H,11-12,14H2,1H3,(H,30,32). The van der Waals surface area contributed by atoms with Crippen LogP contribution in [0.4, 0.5) is 13.2 Å². The lowest BCUT2D eigenvalue weighted by atomic mass is 9.96. The summed E-state index contributed by atoms with van der Waals surface area (Å²) in [6, 6.07) is 17.9. The van der Waals surface area contributed by atoms with Crippen LogP contribution in [0.25, 0.3) is 22.1 Å². The van der Waals surface area contributed by atoms with Gasteiger partial charge in [0.15, 0.2) is 0 Å². The van der Waals surface area contributed by atoms with Gasteiger partial charge >= 0.3 is 6.18 Å². The summed E-state index contributed by atoms with van der Waals surface area (Å²) >= 11 is 0. The molecule has 0 spiro atoms. The summed E-state index contributed by atoms with van der Waals surface area (Å²) in [4.78, 5) is 12.3. The summed E-state index contributed by atoms with van der Waals surface area (Å²) in [5.74, 6) is 0.306. The molecular formula is C26H22F3NO3. The average molecular weight is 453 g/mol. The van der Waals surface area contributed by atoms with Crippen LogP contribution >= 0.6 is 0 Å². The van der Waals surface area contributed by atoms with Gasteiger partial charge in [-0.3, -0.25) is 4.79 Å². The highest BCUT2D eigenvalue weighted by Crippen LogP contribution is 2.36. The van der Waals surface area contributed by atoms with E-state index >= 15 is 0 Å². The largest absolute Gasteiger partial charge is 0.460 e. The predicted octanol–water partition coefficient (Wildman–Crippen LogP) is 5.74. The summed E-state index contributed by atoms with van der Waals surface area (Å²) < 4.78 is 45.3. The Labute approximate surface area is 188 Å². The summed E-state index contributed by atoms with van der Waals surface area (Å²) in [5, 5.41) is 12.4. The molecule has 0 aliphatic heterocycles. The molecule has 0 saturated carbocycles. The number of furan rings is 1. The number of amides is 1. The van der Waals surface area contributed by atoms with E-state index in [0.717, 1.165) is 34.2 Å². The van der Waals surface area contributed by atoms with Crippen LogP contribution < -0.4 is 5.32 Å². The summed E-state index contributed by atoms with van der Waals surface area (Å²) in [5.41, 5.74) is 3.42. The summed E-state index contributed by atoms with van der Waals surface area (Å²) in [6.07, 6.45) is -4.17. The number of carbonyl (C=O) groups is 1. The number of aliphatic hydroxyl groups excluding tert-OH is 1. The maximum absolute atomic E-state index is 13.1. The zero-order valence-corrected chi connectivity index (χ0v) is 17.9. The van der Waals surface area contributed by atoms with E-state index in [9.17, 15) is 18.0 Å². The van der Waals surface area contributed by atoms with Gasteiger partial charge in [-0.05, 0) is 53.4 Å². The first-order valence-electron chi connectivity index (χ1n) is 10.4. The van der Waals surface area contributed by atoms with Crippen LogP contribution in [0.5, 0.6) is 0 Å². The van der Waals surface area contributed by atoms with Crippen LogP contribution in [0.1, 0.15) is 32.8 Å². The molecule has 170 valence electrons. The highest BCUT2D eigenvalue weighted by Gasteiger charge is 2.30. The van der Waals surface area contributed by atoms with Crippen LogP contribution in [-0.4, -0.2) is 24.2 Å². The molecule has 33 heavy (non-hydrogen) atoms. The van der Waals surface area contributed by atoms with E-state index in [2.05, 4.69) is 5.32 Å². The van der Waals surface area contributed by atoms with E-state index in [1.807, 2.05) is 31.2 Å². The van der Waals surface area contributed by atoms with E-state index in [1.54, 1.807) is 24.3 Å². The van der Waals surface area contributed by atoms with E-state index in [0.29, 0.717) is 22.5 Å². The van der Waals surface area contributed by atoms with Crippen molar-refractivity contribution in [2.24, 2.45) is 0 Å². The number of fused-ring (bicyclic) bond motifs is 1. The zero-order chi connectivity index (χ0) is 23.6. The molecule has 0 aliphatic rings. The number of aryl methyl sites for hydroxylation is 1. The Balaban J connectivity index is 1.72. The Bertz CT molecular complexity index is 1310. The van der Waals surface area contributed by atoms with Crippen molar-refractivity contribution in [2.45, 2.75) is 19.5 Å². The second-order valence-electron chi connectivity index (χ2n) is 7.76. The van der Waals surface area contributed by atoms with Crippen molar-refractivity contribution in [1.82, 2.24) is 5.32 Å². The Morgan fingerprint density at radius 1 is 1.03 bits per heavy atom.